The standard InChI is InChI=1S/C16H14BrN5/c1-19-14-7-15-13(5-10(14)8-18)16(21-9-20-15)22-12-4-2-3-11(17)6-12/h2-9,18-19H,1H3,(H,20,21,22). The van der Waals surface area contributed by atoms with Crippen LogP contribution in [-0.4, -0.2) is 23.2 Å². The highest BCUT2D eigenvalue weighted by molar-refractivity contribution is 9.10. The van der Waals surface area contributed by atoms with E-state index in [1.807, 2.05) is 43.4 Å². The molecule has 0 saturated heterocycles. The van der Waals surface area contributed by atoms with Crippen LogP contribution in [0.15, 0.2) is 47.2 Å². The molecule has 0 saturated carbocycles. The van der Waals surface area contributed by atoms with Crippen LogP contribution in [0.25, 0.3) is 10.9 Å². The molecule has 5 nitrogen and oxygen atoms in total. The summed E-state index contributed by atoms with van der Waals surface area (Å²) < 4.78 is 0.994. The lowest BCUT2D eigenvalue weighted by molar-refractivity contribution is 1.22. The Morgan fingerprint density at radius 2 is 2.05 bits per heavy atom. The van der Waals surface area contributed by atoms with E-state index in [2.05, 4.69) is 36.5 Å². The maximum atomic E-state index is 7.55. The van der Waals surface area contributed by atoms with Gasteiger partial charge in [0, 0.05) is 40.1 Å². The Morgan fingerprint density at radius 3 is 2.77 bits per heavy atom. The first kappa shape index (κ1) is 14.5. The highest BCUT2D eigenvalue weighted by atomic mass is 79.9. The number of nitrogens with one attached hydrogen (secondary N) is 3. The predicted octanol–water partition coefficient (Wildman–Crippen LogP) is 4.18. The summed E-state index contributed by atoms with van der Waals surface area (Å²) in [5, 5.41) is 14.8. The summed E-state index contributed by atoms with van der Waals surface area (Å²) in [4.78, 5) is 8.64. The van der Waals surface area contributed by atoms with Crippen molar-refractivity contribution >= 4 is 50.2 Å². The Bertz CT molecular complexity index is 847. The molecule has 3 aromatic rings. The third-order valence-electron chi connectivity index (χ3n) is 3.32. The van der Waals surface area contributed by atoms with Crippen LogP contribution in [-0.2, 0) is 0 Å². The van der Waals surface area contributed by atoms with Crippen LogP contribution < -0.4 is 10.6 Å². The fourth-order valence-corrected chi connectivity index (χ4v) is 2.66. The van der Waals surface area contributed by atoms with Gasteiger partial charge in [0.2, 0.25) is 0 Å². The van der Waals surface area contributed by atoms with E-state index in [0.29, 0.717) is 5.82 Å². The zero-order valence-electron chi connectivity index (χ0n) is 11.9. The fraction of sp³-hybridized carbons (Fsp3) is 0.0625. The molecule has 0 aliphatic carbocycles. The zero-order chi connectivity index (χ0) is 15.5. The van der Waals surface area contributed by atoms with Gasteiger partial charge in [0.05, 0.1) is 5.52 Å². The van der Waals surface area contributed by atoms with E-state index in [-0.39, 0.29) is 0 Å². The lowest BCUT2D eigenvalue weighted by Crippen LogP contribution is -1.99. The molecule has 1 heterocycles. The van der Waals surface area contributed by atoms with Crippen molar-refractivity contribution in [2.45, 2.75) is 0 Å². The third kappa shape index (κ3) is 2.78. The predicted molar refractivity (Wildman–Crippen MR) is 94.4 cm³/mol. The molecule has 0 unspecified atom stereocenters. The molecule has 0 spiro atoms. The molecular formula is C16H14BrN5. The molecule has 0 amide bonds. The highest BCUT2D eigenvalue weighted by Crippen LogP contribution is 2.28. The molecule has 22 heavy (non-hydrogen) atoms. The van der Waals surface area contributed by atoms with E-state index >= 15 is 0 Å². The van der Waals surface area contributed by atoms with E-state index in [0.717, 1.165) is 32.3 Å². The smallest absolute Gasteiger partial charge is 0.141 e. The van der Waals surface area contributed by atoms with Gasteiger partial charge in [-0.2, -0.15) is 0 Å². The first-order valence-corrected chi connectivity index (χ1v) is 7.50. The van der Waals surface area contributed by atoms with Crippen LogP contribution in [0.2, 0.25) is 0 Å². The number of aromatic nitrogens is 2. The number of benzene rings is 2. The van der Waals surface area contributed by atoms with Crippen molar-refractivity contribution in [3.63, 3.8) is 0 Å². The maximum Gasteiger partial charge on any atom is 0.141 e. The number of hydrogen-bond donors (Lipinski definition) is 3. The SMILES string of the molecule is CNc1cc2ncnc(Nc3cccc(Br)c3)c2cc1C=N. The Kier molecular flexibility index (Phi) is 4.02. The number of hydrogen-bond acceptors (Lipinski definition) is 5. The summed E-state index contributed by atoms with van der Waals surface area (Å²) >= 11 is 3.46. The summed E-state index contributed by atoms with van der Waals surface area (Å²) in [6, 6.07) is 11.7. The first-order chi connectivity index (χ1) is 10.7. The molecule has 0 aliphatic rings. The molecule has 0 fully saturated rings. The molecule has 3 N–H and O–H groups in total. The molecular weight excluding hydrogens is 342 g/mol. The van der Waals surface area contributed by atoms with Crippen LogP contribution >= 0.6 is 15.9 Å². The number of nitrogens with zero attached hydrogens (tertiary/aromatic N) is 2. The second-order valence-corrected chi connectivity index (χ2v) is 5.62. The van der Waals surface area contributed by atoms with E-state index in [1.165, 1.54) is 12.5 Å². The second kappa shape index (κ2) is 6.11. The summed E-state index contributed by atoms with van der Waals surface area (Å²) in [5.74, 6) is 0.717. The zero-order valence-corrected chi connectivity index (χ0v) is 13.5. The van der Waals surface area contributed by atoms with Crippen molar-refractivity contribution in [1.82, 2.24) is 9.97 Å². The normalized spacial score (nSPS) is 10.5. The van der Waals surface area contributed by atoms with Gasteiger partial charge in [0.25, 0.3) is 0 Å². The molecule has 1 aromatic heterocycles. The molecule has 0 aliphatic heterocycles. The van der Waals surface area contributed by atoms with Gasteiger partial charge in [-0.1, -0.05) is 22.0 Å². The summed E-state index contributed by atoms with van der Waals surface area (Å²) in [6.07, 6.45) is 2.85. The summed E-state index contributed by atoms with van der Waals surface area (Å²) in [5.41, 5.74) is 3.42. The molecule has 3 rings (SSSR count). The Labute approximate surface area is 136 Å². The number of halogens is 1. The van der Waals surface area contributed by atoms with Crippen LogP contribution in [0.4, 0.5) is 17.2 Å². The Hall–Kier alpha value is -2.47. The largest absolute Gasteiger partial charge is 0.388 e. The monoisotopic (exact) mass is 355 g/mol. The molecule has 0 atom stereocenters. The van der Waals surface area contributed by atoms with Gasteiger partial charge >= 0.3 is 0 Å². The van der Waals surface area contributed by atoms with Crippen molar-refractivity contribution in [3.05, 3.63) is 52.8 Å². The van der Waals surface area contributed by atoms with Gasteiger partial charge in [-0.05, 0) is 30.3 Å². The van der Waals surface area contributed by atoms with Crippen molar-refractivity contribution in [1.29, 1.82) is 5.41 Å². The van der Waals surface area contributed by atoms with E-state index in [1.54, 1.807) is 0 Å². The van der Waals surface area contributed by atoms with Crippen molar-refractivity contribution < 1.29 is 0 Å². The van der Waals surface area contributed by atoms with Gasteiger partial charge in [-0.15, -0.1) is 0 Å². The van der Waals surface area contributed by atoms with Crippen LogP contribution in [0.1, 0.15) is 5.56 Å². The minimum Gasteiger partial charge on any atom is -0.388 e. The summed E-state index contributed by atoms with van der Waals surface area (Å²) in [7, 11) is 1.83. The Morgan fingerprint density at radius 1 is 1.18 bits per heavy atom. The molecule has 0 radical (unpaired) electrons. The van der Waals surface area contributed by atoms with E-state index in [4.69, 9.17) is 5.41 Å². The van der Waals surface area contributed by atoms with Gasteiger partial charge in [0.1, 0.15) is 12.1 Å². The second-order valence-electron chi connectivity index (χ2n) is 4.71. The molecule has 0 bridgehead atoms. The number of anilines is 3. The van der Waals surface area contributed by atoms with Gasteiger partial charge in [-0.3, -0.25) is 0 Å². The van der Waals surface area contributed by atoms with Crippen molar-refractivity contribution in [2.24, 2.45) is 0 Å². The lowest BCUT2D eigenvalue weighted by atomic mass is 10.1. The number of fused-ring (bicyclic) bond motifs is 1. The van der Waals surface area contributed by atoms with Crippen LogP contribution in [0, 0.1) is 5.41 Å². The first-order valence-electron chi connectivity index (χ1n) is 6.71. The van der Waals surface area contributed by atoms with Gasteiger partial charge in [-0.25, -0.2) is 9.97 Å². The third-order valence-corrected chi connectivity index (χ3v) is 3.81. The minimum absolute atomic E-state index is 0.717. The maximum absolute atomic E-state index is 7.55. The van der Waals surface area contributed by atoms with Gasteiger partial charge < -0.3 is 16.0 Å². The van der Waals surface area contributed by atoms with Crippen molar-refractivity contribution in [3.8, 4) is 0 Å². The molecule has 2 aromatic carbocycles. The van der Waals surface area contributed by atoms with E-state index in [9.17, 15) is 0 Å². The molecule has 110 valence electrons. The van der Waals surface area contributed by atoms with Crippen LogP contribution in [0.5, 0.6) is 0 Å². The molecule has 6 heteroatoms. The average Bonchev–Trinajstić information content (AvgIpc) is 2.54. The fourth-order valence-electron chi connectivity index (χ4n) is 2.26. The number of rotatable bonds is 4. The lowest BCUT2D eigenvalue weighted by Gasteiger charge is -2.11. The quantitative estimate of drug-likeness (QED) is 0.614. The van der Waals surface area contributed by atoms with Crippen molar-refractivity contribution in [2.75, 3.05) is 17.7 Å². The summed E-state index contributed by atoms with van der Waals surface area (Å²) in [6.45, 7) is 0. The average molecular weight is 356 g/mol. The minimum atomic E-state index is 0.717. The Balaban J connectivity index is 2.11. The topological polar surface area (TPSA) is 73.7 Å². The van der Waals surface area contributed by atoms with Crippen LogP contribution in [0.3, 0.4) is 0 Å². The van der Waals surface area contributed by atoms with Gasteiger partial charge in [0.15, 0.2) is 0 Å². The highest BCUT2D eigenvalue weighted by Gasteiger charge is 2.08. The van der Waals surface area contributed by atoms with E-state index < -0.39 is 0 Å².